The first-order chi connectivity index (χ1) is 10.5. The molecule has 0 radical (unpaired) electrons. The summed E-state index contributed by atoms with van der Waals surface area (Å²) in [5, 5.41) is 12.5. The summed E-state index contributed by atoms with van der Waals surface area (Å²) in [4.78, 5) is 13.3. The van der Waals surface area contributed by atoms with E-state index < -0.39 is 12.7 Å². The molecule has 122 valence electrons. The summed E-state index contributed by atoms with van der Waals surface area (Å²) in [6, 6.07) is 5.85. The van der Waals surface area contributed by atoms with Gasteiger partial charge in [-0.1, -0.05) is 12.1 Å². The number of likely N-dealkylation sites (N-methyl/N-ethyl adjacent to an activating group) is 1. The minimum Gasteiger partial charge on any atom is -0.435 e. The Morgan fingerprint density at radius 2 is 2.23 bits per heavy atom. The number of carbonyl (C=O) groups is 1. The minimum absolute atomic E-state index is 0.0549. The van der Waals surface area contributed by atoms with Crippen molar-refractivity contribution in [2.24, 2.45) is 5.92 Å². The van der Waals surface area contributed by atoms with Crippen molar-refractivity contribution in [3.05, 3.63) is 29.8 Å². The van der Waals surface area contributed by atoms with Gasteiger partial charge in [-0.15, -0.1) is 0 Å². The number of nitrogens with zero attached hydrogens (tertiary/aromatic N) is 1. The highest BCUT2D eigenvalue weighted by Gasteiger charge is 2.31. The molecule has 0 saturated heterocycles. The second-order valence-corrected chi connectivity index (χ2v) is 5.47. The Kier molecular flexibility index (Phi) is 5.54. The molecule has 7 heteroatoms. The zero-order valence-electron chi connectivity index (χ0n) is 12.3. The van der Waals surface area contributed by atoms with Gasteiger partial charge >= 0.3 is 12.6 Å². The lowest BCUT2D eigenvalue weighted by atomic mass is 10.2. The molecule has 1 atom stereocenters. The third-order valence-corrected chi connectivity index (χ3v) is 3.54. The Morgan fingerprint density at radius 3 is 2.86 bits per heavy atom. The molecule has 2 rings (SSSR count). The molecule has 5 nitrogen and oxygen atoms in total. The van der Waals surface area contributed by atoms with Gasteiger partial charge in [-0.05, 0) is 36.5 Å². The average molecular weight is 314 g/mol. The highest BCUT2D eigenvalue weighted by Crippen LogP contribution is 2.32. The van der Waals surface area contributed by atoms with Gasteiger partial charge in [0.1, 0.15) is 5.75 Å². The van der Waals surface area contributed by atoms with E-state index >= 15 is 0 Å². The van der Waals surface area contributed by atoms with Crippen molar-refractivity contribution in [1.82, 2.24) is 10.2 Å². The third-order valence-electron chi connectivity index (χ3n) is 3.54. The van der Waals surface area contributed by atoms with Crippen LogP contribution in [0.3, 0.4) is 0 Å². The summed E-state index contributed by atoms with van der Waals surface area (Å²) in [5.74, 6) is 0.359. The van der Waals surface area contributed by atoms with Crippen LogP contribution in [-0.4, -0.2) is 42.3 Å². The maximum absolute atomic E-state index is 12.1. The standard InChI is InChI=1S/C15H20F2N2O3/c1-19(9-13(20)11-5-6-11)15(21)18-8-10-3-2-4-12(7-10)22-14(16)17/h2-4,7,11,13-14,20H,5-6,8-9H2,1H3,(H,18,21). The van der Waals surface area contributed by atoms with Crippen LogP contribution in [0.25, 0.3) is 0 Å². The van der Waals surface area contributed by atoms with E-state index in [1.54, 1.807) is 19.2 Å². The number of aliphatic hydroxyl groups is 1. The SMILES string of the molecule is CN(CC(O)C1CC1)C(=O)NCc1cccc(OC(F)F)c1. The molecule has 0 spiro atoms. The van der Waals surface area contributed by atoms with E-state index in [-0.39, 0.29) is 24.9 Å². The lowest BCUT2D eigenvalue weighted by Crippen LogP contribution is -2.41. The molecule has 1 aliphatic carbocycles. The van der Waals surface area contributed by atoms with Crippen LogP contribution in [0.5, 0.6) is 5.75 Å². The van der Waals surface area contributed by atoms with Crippen molar-refractivity contribution in [2.75, 3.05) is 13.6 Å². The van der Waals surface area contributed by atoms with Gasteiger partial charge in [0, 0.05) is 20.1 Å². The predicted octanol–water partition coefficient (Wildman–Crippen LogP) is 2.20. The quantitative estimate of drug-likeness (QED) is 0.811. The second kappa shape index (κ2) is 7.40. The van der Waals surface area contributed by atoms with Gasteiger partial charge in [0.15, 0.2) is 0 Å². The number of nitrogens with one attached hydrogen (secondary N) is 1. The van der Waals surface area contributed by atoms with Crippen LogP contribution >= 0.6 is 0 Å². The van der Waals surface area contributed by atoms with Gasteiger partial charge in [0.25, 0.3) is 0 Å². The van der Waals surface area contributed by atoms with E-state index in [0.717, 1.165) is 12.8 Å². The van der Waals surface area contributed by atoms with Crippen molar-refractivity contribution in [3.63, 3.8) is 0 Å². The number of amides is 2. The Hall–Kier alpha value is -1.89. The molecule has 1 fully saturated rings. The Balaban J connectivity index is 1.79. The molecule has 0 aromatic heterocycles. The van der Waals surface area contributed by atoms with E-state index in [9.17, 15) is 18.7 Å². The molecular formula is C15H20F2N2O3. The molecule has 1 aromatic rings. The van der Waals surface area contributed by atoms with Gasteiger partial charge in [0.05, 0.1) is 6.10 Å². The average Bonchev–Trinajstić information content (AvgIpc) is 3.29. The van der Waals surface area contributed by atoms with Crippen molar-refractivity contribution < 1.29 is 23.4 Å². The van der Waals surface area contributed by atoms with Gasteiger partial charge in [-0.25, -0.2) is 4.79 Å². The Bertz CT molecular complexity index is 509. The number of ether oxygens (including phenoxy) is 1. The van der Waals surface area contributed by atoms with Crippen molar-refractivity contribution in [3.8, 4) is 5.75 Å². The summed E-state index contributed by atoms with van der Waals surface area (Å²) in [5.41, 5.74) is 0.655. The molecule has 1 aliphatic rings. The number of hydrogen-bond donors (Lipinski definition) is 2. The number of rotatable bonds is 7. The molecule has 0 heterocycles. The summed E-state index contributed by atoms with van der Waals surface area (Å²) >= 11 is 0. The lowest BCUT2D eigenvalue weighted by molar-refractivity contribution is -0.0498. The number of halogens is 2. The maximum atomic E-state index is 12.1. The van der Waals surface area contributed by atoms with E-state index in [2.05, 4.69) is 10.1 Å². The number of aliphatic hydroxyl groups excluding tert-OH is 1. The fraction of sp³-hybridized carbons (Fsp3) is 0.533. The van der Waals surface area contributed by atoms with Gasteiger partial charge in [-0.3, -0.25) is 0 Å². The summed E-state index contributed by atoms with van der Waals surface area (Å²) in [7, 11) is 1.61. The van der Waals surface area contributed by atoms with Crippen LogP contribution < -0.4 is 10.1 Å². The molecule has 0 aliphatic heterocycles. The van der Waals surface area contributed by atoms with E-state index in [4.69, 9.17) is 0 Å². The molecular weight excluding hydrogens is 294 g/mol. The summed E-state index contributed by atoms with van der Waals surface area (Å²) in [6.45, 7) is -2.39. The van der Waals surface area contributed by atoms with Crippen molar-refractivity contribution >= 4 is 6.03 Å². The molecule has 22 heavy (non-hydrogen) atoms. The summed E-state index contributed by atoms with van der Waals surface area (Å²) < 4.78 is 28.6. The second-order valence-electron chi connectivity index (χ2n) is 5.47. The monoisotopic (exact) mass is 314 g/mol. The molecule has 1 unspecified atom stereocenters. The zero-order valence-corrected chi connectivity index (χ0v) is 12.3. The fourth-order valence-electron chi connectivity index (χ4n) is 2.14. The number of urea groups is 1. The number of carbonyl (C=O) groups excluding carboxylic acids is 1. The predicted molar refractivity (Wildman–Crippen MR) is 76.7 cm³/mol. The summed E-state index contributed by atoms with van der Waals surface area (Å²) in [6.07, 6.45) is 1.53. The first kappa shape index (κ1) is 16.5. The highest BCUT2D eigenvalue weighted by molar-refractivity contribution is 5.73. The van der Waals surface area contributed by atoms with Crippen LogP contribution in [0.15, 0.2) is 24.3 Å². The molecule has 1 saturated carbocycles. The topological polar surface area (TPSA) is 61.8 Å². The van der Waals surface area contributed by atoms with Crippen LogP contribution in [0, 0.1) is 5.92 Å². The first-order valence-electron chi connectivity index (χ1n) is 7.16. The van der Waals surface area contributed by atoms with E-state index in [1.165, 1.54) is 17.0 Å². The third kappa shape index (κ3) is 5.14. The van der Waals surface area contributed by atoms with Gasteiger partial charge < -0.3 is 20.1 Å². The normalized spacial score (nSPS) is 15.5. The van der Waals surface area contributed by atoms with Gasteiger partial charge in [0.2, 0.25) is 0 Å². The van der Waals surface area contributed by atoms with Crippen LogP contribution in [0.1, 0.15) is 18.4 Å². The number of hydrogen-bond acceptors (Lipinski definition) is 3. The lowest BCUT2D eigenvalue weighted by Gasteiger charge is -2.21. The number of alkyl halides is 2. The molecule has 0 bridgehead atoms. The zero-order chi connectivity index (χ0) is 16.1. The smallest absolute Gasteiger partial charge is 0.387 e. The van der Waals surface area contributed by atoms with Crippen molar-refractivity contribution in [2.45, 2.75) is 32.1 Å². The Labute approximate surface area is 127 Å². The fourth-order valence-corrected chi connectivity index (χ4v) is 2.14. The number of benzene rings is 1. The van der Waals surface area contributed by atoms with Crippen LogP contribution in [0.4, 0.5) is 13.6 Å². The first-order valence-corrected chi connectivity index (χ1v) is 7.16. The molecule has 2 amide bonds. The van der Waals surface area contributed by atoms with Crippen molar-refractivity contribution in [1.29, 1.82) is 0 Å². The minimum atomic E-state index is -2.88. The molecule has 2 N–H and O–H groups in total. The van der Waals surface area contributed by atoms with Crippen LogP contribution in [0.2, 0.25) is 0 Å². The van der Waals surface area contributed by atoms with Crippen LogP contribution in [-0.2, 0) is 6.54 Å². The van der Waals surface area contributed by atoms with E-state index in [1.807, 2.05) is 0 Å². The van der Waals surface area contributed by atoms with E-state index in [0.29, 0.717) is 11.5 Å². The highest BCUT2D eigenvalue weighted by atomic mass is 19.3. The Morgan fingerprint density at radius 1 is 1.50 bits per heavy atom. The largest absolute Gasteiger partial charge is 0.435 e. The van der Waals surface area contributed by atoms with Gasteiger partial charge in [-0.2, -0.15) is 8.78 Å². The molecule has 1 aromatic carbocycles. The maximum Gasteiger partial charge on any atom is 0.387 e.